The number of amides is 1. The molecule has 1 aromatic carbocycles. The van der Waals surface area contributed by atoms with Crippen molar-refractivity contribution in [1.29, 1.82) is 0 Å². The second kappa shape index (κ2) is 10.2. The van der Waals surface area contributed by atoms with Gasteiger partial charge in [-0.3, -0.25) is 4.79 Å². The highest BCUT2D eigenvalue weighted by molar-refractivity contribution is 6.00. The molecule has 2 aromatic rings. The summed E-state index contributed by atoms with van der Waals surface area (Å²) >= 11 is 0. The zero-order chi connectivity index (χ0) is 22.3. The Labute approximate surface area is 173 Å². The molecular formula is C21H24N2O7. The number of aromatic amines is 1. The van der Waals surface area contributed by atoms with Crippen molar-refractivity contribution >= 4 is 29.5 Å². The molecule has 0 atom stereocenters. The summed E-state index contributed by atoms with van der Waals surface area (Å²) < 4.78 is 14.9. The number of hydrogen-bond donors (Lipinski definition) is 2. The third-order valence-electron chi connectivity index (χ3n) is 4.14. The van der Waals surface area contributed by atoms with E-state index in [4.69, 9.17) is 14.2 Å². The van der Waals surface area contributed by atoms with Gasteiger partial charge >= 0.3 is 17.9 Å². The van der Waals surface area contributed by atoms with E-state index in [-0.39, 0.29) is 24.5 Å². The van der Waals surface area contributed by atoms with E-state index < -0.39 is 30.4 Å². The molecule has 2 rings (SSSR count). The summed E-state index contributed by atoms with van der Waals surface area (Å²) in [6, 6.07) is 6.11. The number of carbonyl (C=O) groups is 4. The summed E-state index contributed by atoms with van der Waals surface area (Å²) in [7, 11) is 0. The molecule has 0 aliphatic rings. The van der Waals surface area contributed by atoms with Gasteiger partial charge in [0.1, 0.15) is 5.69 Å². The van der Waals surface area contributed by atoms with Crippen molar-refractivity contribution in [1.82, 2.24) is 4.98 Å². The van der Waals surface area contributed by atoms with E-state index in [1.165, 1.54) is 24.3 Å². The van der Waals surface area contributed by atoms with Gasteiger partial charge in [-0.05, 0) is 57.5 Å². The Morgan fingerprint density at radius 3 is 2.07 bits per heavy atom. The van der Waals surface area contributed by atoms with Gasteiger partial charge < -0.3 is 24.5 Å². The number of ether oxygens (including phenoxy) is 3. The minimum atomic E-state index is -0.732. The van der Waals surface area contributed by atoms with Crippen molar-refractivity contribution in [3.05, 3.63) is 52.3 Å². The van der Waals surface area contributed by atoms with E-state index in [0.717, 1.165) is 0 Å². The molecular weight excluding hydrogens is 392 g/mol. The Hall–Kier alpha value is -3.62. The number of carbonyl (C=O) groups excluding carboxylic acids is 4. The average Bonchev–Trinajstić information content (AvgIpc) is 3.01. The van der Waals surface area contributed by atoms with Gasteiger partial charge in [0.15, 0.2) is 6.61 Å². The molecule has 1 aromatic heterocycles. The SMILES string of the molecule is CCOC(=O)c1ccc(NC(=O)COC(=O)c2c(C)[nH]c(C(=O)OCC)c2C)cc1. The van der Waals surface area contributed by atoms with Crippen molar-refractivity contribution in [2.45, 2.75) is 27.7 Å². The van der Waals surface area contributed by atoms with Crippen LogP contribution in [0.4, 0.5) is 5.69 Å². The summed E-state index contributed by atoms with van der Waals surface area (Å²) in [6.45, 7) is 6.57. The highest BCUT2D eigenvalue weighted by Crippen LogP contribution is 2.20. The standard InChI is InChI=1S/C21H24N2O7/c1-5-28-19(25)14-7-9-15(10-8-14)23-16(24)11-30-20(26)17-12(3)18(22-13(17)4)21(27)29-6-2/h7-10,22H,5-6,11H2,1-4H3,(H,23,24). The minimum absolute atomic E-state index is 0.174. The van der Waals surface area contributed by atoms with Crippen molar-refractivity contribution in [3.8, 4) is 0 Å². The number of anilines is 1. The van der Waals surface area contributed by atoms with Gasteiger partial charge in [-0.25, -0.2) is 14.4 Å². The summed E-state index contributed by atoms with van der Waals surface area (Å²) in [5.74, 6) is -2.31. The highest BCUT2D eigenvalue weighted by Gasteiger charge is 2.24. The number of rotatable bonds is 8. The Bertz CT molecular complexity index is 945. The smallest absolute Gasteiger partial charge is 0.355 e. The molecule has 0 unspecified atom stereocenters. The predicted molar refractivity (Wildman–Crippen MR) is 108 cm³/mol. The molecule has 1 amide bonds. The van der Waals surface area contributed by atoms with E-state index >= 15 is 0 Å². The molecule has 0 spiro atoms. The van der Waals surface area contributed by atoms with Gasteiger partial charge in [0.25, 0.3) is 5.91 Å². The van der Waals surface area contributed by atoms with Crippen molar-refractivity contribution in [3.63, 3.8) is 0 Å². The third kappa shape index (κ3) is 5.47. The van der Waals surface area contributed by atoms with E-state index in [2.05, 4.69) is 10.3 Å². The molecule has 0 radical (unpaired) electrons. The predicted octanol–water partition coefficient (Wildman–Crippen LogP) is 2.78. The maximum atomic E-state index is 12.4. The quantitative estimate of drug-likeness (QED) is 0.501. The molecule has 0 saturated heterocycles. The first-order valence-electron chi connectivity index (χ1n) is 9.38. The molecule has 0 aliphatic heterocycles. The van der Waals surface area contributed by atoms with Crippen LogP contribution in [0.3, 0.4) is 0 Å². The van der Waals surface area contributed by atoms with Crippen LogP contribution in [0.25, 0.3) is 0 Å². The highest BCUT2D eigenvalue weighted by atomic mass is 16.5. The average molecular weight is 416 g/mol. The summed E-state index contributed by atoms with van der Waals surface area (Å²) in [4.78, 5) is 50.8. The first-order valence-corrected chi connectivity index (χ1v) is 9.38. The maximum absolute atomic E-state index is 12.4. The molecule has 160 valence electrons. The van der Waals surface area contributed by atoms with Crippen LogP contribution in [0.1, 0.15) is 56.3 Å². The van der Waals surface area contributed by atoms with Crippen molar-refractivity contribution in [2.75, 3.05) is 25.1 Å². The van der Waals surface area contributed by atoms with Gasteiger partial charge in [-0.15, -0.1) is 0 Å². The fourth-order valence-corrected chi connectivity index (χ4v) is 2.77. The molecule has 0 aliphatic carbocycles. The number of esters is 3. The van der Waals surface area contributed by atoms with E-state index in [1.807, 2.05) is 0 Å². The monoisotopic (exact) mass is 416 g/mol. The van der Waals surface area contributed by atoms with Gasteiger partial charge in [-0.2, -0.15) is 0 Å². The number of aryl methyl sites for hydroxylation is 1. The van der Waals surface area contributed by atoms with Gasteiger partial charge in [-0.1, -0.05) is 0 Å². The largest absolute Gasteiger partial charge is 0.462 e. The fraction of sp³-hybridized carbons (Fsp3) is 0.333. The lowest BCUT2D eigenvalue weighted by Gasteiger charge is -2.08. The van der Waals surface area contributed by atoms with Gasteiger partial charge in [0.2, 0.25) is 0 Å². The Morgan fingerprint density at radius 1 is 0.867 bits per heavy atom. The third-order valence-corrected chi connectivity index (χ3v) is 4.14. The summed E-state index contributed by atoms with van der Waals surface area (Å²) in [5, 5.41) is 2.57. The second-order valence-corrected chi connectivity index (χ2v) is 6.27. The first-order chi connectivity index (χ1) is 14.3. The van der Waals surface area contributed by atoms with Crippen LogP contribution < -0.4 is 5.32 Å². The zero-order valence-electron chi connectivity index (χ0n) is 17.3. The van der Waals surface area contributed by atoms with Crippen LogP contribution in [0.5, 0.6) is 0 Å². The number of benzene rings is 1. The van der Waals surface area contributed by atoms with Crippen molar-refractivity contribution < 1.29 is 33.4 Å². The zero-order valence-corrected chi connectivity index (χ0v) is 17.3. The Kier molecular flexibility index (Phi) is 7.74. The summed E-state index contributed by atoms with van der Waals surface area (Å²) in [6.07, 6.45) is 0. The maximum Gasteiger partial charge on any atom is 0.355 e. The van der Waals surface area contributed by atoms with E-state index in [9.17, 15) is 19.2 Å². The number of nitrogens with one attached hydrogen (secondary N) is 2. The van der Waals surface area contributed by atoms with Crippen LogP contribution in [-0.2, 0) is 19.0 Å². The first kappa shape index (κ1) is 22.7. The van der Waals surface area contributed by atoms with Crippen LogP contribution in [-0.4, -0.2) is 48.6 Å². The van der Waals surface area contributed by atoms with Gasteiger partial charge in [0.05, 0.1) is 24.3 Å². The van der Waals surface area contributed by atoms with E-state index in [0.29, 0.717) is 22.5 Å². The molecule has 0 fully saturated rings. The Morgan fingerprint density at radius 2 is 1.47 bits per heavy atom. The van der Waals surface area contributed by atoms with Gasteiger partial charge in [0, 0.05) is 11.4 Å². The lowest BCUT2D eigenvalue weighted by atomic mass is 10.1. The summed E-state index contributed by atoms with van der Waals surface area (Å²) in [5.41, 5.74) is 1.98. The number of H-pyrrole nitrogens is 1. The number of aromatic nitrogens is 1. The minimum Gasteiger partial charge on any atom is -0.462 e. The lowest BCUT2D eigenvalue weighted by Crippen LogP contribution is -2.21. The Balaban J connectivity index is 1.96. The van der Waals surface area contributed by atoms with Crippen molar-refractivity contribution in [2.24, 2.45) is 0 Å². The molecule has 2 N–H and O–H groups in total. The van der Waals surface area contributed by atoms with Crippen LogP contribution in [0.15, 0.2) is 24.3 Å². The van der Waals surface area contributed by atoms with Crippen LogP contribution >= 0.6 is 0 Å². The number of hydrogen-bond acceptors (Lipinski definition) is 7. The molecule has 1 heterocycles. The molecule has 9 heteroatoms. The molecule has 0 saturated carbocycles. The van der Waals surface area contributed by atoms with Crippen LogP contribution in [0.2, 0.25) is 0 Å². The lowest BCUT2D eigenvalue weighted by molar-refractivity contribution is -0.119. The molecule has 30 heavy (non-hydrogen) atoms. The molecule has 9 nitrogen and oxygen atoms in total. The normalized spacial score (nSPS) is 10.3. The van der Waals surface area contributed by atoms with Crippen LogP contribution in [0, 0.1) is 13.8 Å². The fourth-order valence-electron chi connectivity index (χ4n) is 2.77. The van der Waals surface area contributed by atoms with E-state index in [1.54, 1.807) is 27.7 Å². The molecule has 0 bridgehead atoms. The topological polar surface area (TPSA) is 124 Å². The second-order valence-electron chi connectivity index (χ2n) is 6.27.